The molecule has 2 N–H and O–H groups in total. The first-order valence-electron chi connectivity index (χ1n) is 11.6. The van der Waals surface area contributed by atoms with Crippen molar-refractivity contribution in [2.45, 2.75) is 50.8 Å². The van der Waals surface area contributed by atoms with E-state index in [2.05, 4.69) is 24.5 Å². The number of nitrogens with one attached hydrogen (secondary N) is 2. The van der Waals surface area contributed by atoms with Crippen LogP contribution in [0, 0.1) is 11.6 Å². The summed E-state index contributed by atoms with van der Waals surface area (Å²) in [6.45, 7) is 4.69. The van der Waals surface area contributed by atoms with Crippen LogP contribution >= 0.6 is 0 Å². The molecule has 2 aromatic heterocycles. The molecule has 4 heterocycles. The Morgan fingerprint density at radius 1 is 1.09 bits per heavy atom. The van der Waals surface area contributed by atoms with Gasteiger partial charge in [0.15, 0.2) is 0 Å². The number of aryl methyl sites for hydroxylation is 1. The molecule has 5 rings (SSSR count). The third kappa shape index (κ3) is 4.18. The molecule has 1 aromatic carbocycles. The Balaban J connectivity index is 1.55. The molecule has 0 saturated carbocycles. The van der Waals surface area contributed by atoms with Gasteiger partial charge in [-0.3, -0.25) is 9.78 Å². The predicted octanol–water partition coefficient (Wildman–Crippen LogP) is 4.98. The Morgan fingerprint density at radius 3 is 2.65 bits per heavy atom. The lowest BCUT2D eigenvalue weighted by molar-refractivity contribution is 0.00430. The van der Waals surface area contributed by atoms with Gasteiger partial charge in [0.1, 0.15) is 11.6 Å². The summed E-state index contributed by atoms with van der Waals surface area (Å²) in [5, 5.41) is 6.97. The van der Waals surface area contributed by atoms with Crippen molar-refractivity contribution in [1.29, 1.82) is 0 Å². The number of aromatic nitrogens is 2. The zero-order chi connectivity index (χ0) is 24.0. The molecule has 6 nitrogen and oxygen atoms in total. The van der Waals surface area contributed by atoms with Gasteiger partial charge in [0.25, 0.3) is 0 Å². The molecule has 0 spiro atoms. The molecule has 4 atom stereocenters. The van der Waals surface area contributed by atoms with Crippen molar-refractivity contribution in [3.8, 4) is 11.3 Å². The molecule has 1 saturated heterocycles. The summed E-state index contributed by atoms with van der Waals surface area (Å²) in [5.74, 6) is -1.18. The van der Waals surface area contributed by atoms with Crippen LogP contribution in [0.3, 0.4) is 0 Å². The Hall–Kier alpha value is -3.26. The molecule has 0 bridgehead atoms. The molecule has 3 aromatic rings. The number of ether oxygens (including phenoxy) is 1. The van der Waals surface area contributed by atoms with Crippen LogP contribution in [0.2, 0.25) is 0 Å². The maximum Gasteiger partial charge on any atom is 0.250 e. The Kier molecular flexibility index (Phi) is 5.85. The first kappa shape index (κ1) is 22.5. The fraction of sp³-hybridized carbons (Fsp3) is 0.385. The molecule has 1 fully saturated rings. The van der Waals surface area contributed by atoms with Gasteiger partial charge < -0.3 is 19.9 Å². The van der Waals surface area contributed by atoms with E-state index in [1.807, 2.05) is 18.3 Å². The third-order valence-electron chi connectivity index (χ3n) is 6.91. The zero-order valence-electron chi connectivity index (χ0n) is 19.4. The number of pyridine rings is 2. The second-order valence-corrected chi connectivity index (χ2v) is 9.30. The summed E-state index contributed by atoms with van der Waals surface area (Å²) in [4.78, 5) is 16.7. The fourth-order valence-corrected chi connectivity index (χ4v) is 4.74. The number of hydrogen-bond acceptors (Lipinski definition) is 5. The molecule has 0 aliphatic carbocycles. The van der Waals surface area contributed by atoms with E-state index in [4.69, 9.17) is 9.72 Å². The first-order chi connectivity index (χ1) is 16.3. The van der Waals surface area contributed by atoms with Gasteiger partial charge in [-0.1, -0.05) is 0 Å². The lowest BCUT2D eigenvalue weighted by Crippen LogP contribution is -2.39. The number of halogens is 2. The predicted molar refractivity (Wildman–Crippen MR) is 128 cm³/mol. The second kappa shape index (κ2) is 8.83. The summed E-state index contributed by atoms with van der Waals surface area (Å²) in [6, 6.07) is 9.26. The highest BCUT2D eigenvalue weighted by molar-refractivity contribution is 5.86. The van der Waals surface area contributed by atoms with Crippen LogP contribution in [0.15, 0.2) is 47.4 Å². The molecule has 0 radical (unpaired) electrons. The Labute approximate surface area is 197 Å². The van der Waals surface area contributed by atoms with E-state index >= 15 is 0 Å². The summed E-state index contributed by atoms with van der Waals surface area (Å²) in [5.41, 5.74) is 4.03. The quantitative estimate of drug-likeness (QED) is 0.570. The van der Waals surface area contributed by atoms with Crippen LogP contribution in [0.25, 0.3) is 11.3 Å². The minimum atomic E-state index is -0.644. The molecule has 34 heavy (non-hydrogen) atoms. The van der Waals surface area contributed by atoms with Gasteiger partial charge in [0.2, 0.25) is 5.56 Å². The van der Waals surface area contributed by atoms with Crippen molar-refractivity contribution in [3.63, 3.8) is 0 Å². The maximum atomic E-state index is 14.8. The summed E-state index contributed by atoms with van der Waals surface area (Å²) >= 11 is 0. The van der Waals surface area contributed by atoms with Crippen molar-refractivity contribution in [2.75, 3.05) is 17.2 Å². The summed E-state index contributed by atoms with van der Waals surface area (Å²) in [7, 11) is 1.72. The lowest BCUT2D eigenvalue weighted by atomic mass is 9.88. The fourth-order valence-electron chi connectivity index (χ4n) is 4.74. The SMILES string of the molecule is CC1Nc2cc(C3CCO[C@@H](c4ccc(=O)n(C)c4)C3)nc(-c3ccc(F)cc3F)c2NC1C. The third-order valence-corrected chi connectivity index (χ3v) is 6.91. The molecule has 2 aliphatic rings. The lowest BCUT2D eigenvalue weighted by Gasteiger charge is -2.35. The van der Waals surface area contributed by atoms with E-state index in [0.717, 1.165) is 35.1 Å². The number of hydrogen-bond donors (Lipinski definition) is 2. The number of rotatable bonds is 3. The average molecular weight is 467 g/mol. The minimum absolute atomic E-state index is 0.0691. The van der Waals surface area contributed by atoms with E-state index in [0.29, 0.717) is 18.7 Å². The highest BCUT2D eigenvalue weighted by Crippen LogP contribution is 2.43. The number of nitrogens with zero attached hydrogens (tertiary/aromatic N) is 2. The van der Waals surface area contributed by atoms with E-state index in [-0.39, 0.29) is 35.2 Å². The molecular formula is C26H28F2N4O2. The van der Waals surface area contributed by atoms with Crippen molar-refractivity contribution < 1.29 is 13.5 Å². The van der Waals surface area contributed by atoms with Crippen LogP contribution in [-0.4, -0.2) is 28.2 Å². The minimum Gasteiger partial charge on any atom is -0.379 e. The topological polar surface area (TPSA) is 68.2 Å². The highest BCUT2D eigenvalue weighted by Gasteiger charge is 2.31. The van der Waals surface area contributed by atoms with Crippen molar-refractivity contribution in [1.82, 2.24) is 9.55 Å². The number of fused-ring (bicyclic) bond motifs is 1. The Bertz CT molecular complexity index is 1290. The maximum absolute atomic E-state index is 14.8. The average Bonchev–Trinajstić information content (AvgIpc) is 2.81. The van der Waals surface area contributed by atoms with Crippen LogP contribution in [-0.2, 0) is 11.8 Å². The molecule has 2 aliphatic heterocycles. The van der Waals surface area contributed by atoms with Gasteiger partial charge in [-0.25, -0.2) is 8.78 Å². The van der Waals surface area contributed by atoms with E-state index < -0.39 is 11.6 Å². The van der Waals surface area contributed by atoms with Crippen molar-refractivity contribution in [3.05, 3.63) is 75.8 Å². The molecular weight excluding hydrogens is 438 g/mol. The van der Waals surface area contributed by atoms with Gasteiger partial charge in [-0.15, -0.1) is 0 Å². The largest absolute Gasteiger partial charge is 0.379 e. The first-order valence-corrected chi connectivity index (χ1v) is 11.6. The standard InChI is InChI=1S/C26H28F2N4O2/c1-14-15(2)30-26-22(29-14)12-21(31-25(26)19-6-5-18(27)11-20(19)28)16-8-9-34-23(10-16)17-4-7-24(33)32(3)13-17/h4-7,11-16,23,29-30H,8-10H2,1-3H3/t14?,15?,16?,23-/m1/s1. The van der Waals surface area contributed by atoms with Crippen LogP contribution in [0.1, 0.15) is 50.0 Å². The number of anilines is 2. The van der Waals surface area contributed by atoms with Gasteiger partial charge in [-0.05, 0) is 56.5 Å². The smallest absolute Gasteiger partial charge is 0.250 e. The van der Waals surface area contributed by atoms with Gasteiger partial charge >= 0.3 is 0 Å². The van der Waals surface area contributed by atoms with E-state index in [1.165, 1.54) is 12.1 Å². The molecule has 178 valence electrons. The molecule has 0 amide bonds. The Morgan fingerprint density at radius 2 is 1.88 bits per heavy atom. The monoisotopic (exact) mass is 466 g/mol. The van der Waals surface area contributed by atoms with Crippen molar-refractivity contribution in [2.24, 2.45) is 7.05 Å². The molecule has 3 unspecified atom stereocenters. The van der Waals surface area contributed by atoms with Gasteiger partial charge in [-0.2, -0.15) is 0 Å². The van der Waals surface area contributed by atoms with Crippen LogP contribution in [0.4, 0.5) is 20.2 Å². The van der Waals surface area contributed by atoms with Crippen LogP contribution in [0.5, 0.6) is 0 Å². The summed E-state index contributed by atoms with van der Waals surface area (Å²) in [6.07, 6.45) is 3.11. The normalized spacial score (nSPS) is 24.1. The van der Waals surface area contributed by atoms with Crippen molar-refractivity contribution >= 4 is 11.4 Å². The number of benzene rings is 1. The van der Waals surface area contributed by atoms with Gasteiger partial charge in [0, 0.05) is 61.2 Å². The van der Waals surface area contributed by atoms with E-state index in [1.54, 1.807) is 17.7 Å². The zero-order valence-corrected chi connectivity index (χ0v) is 19.4. The molecule has 8 heteroatoms. The van der Waals surface area contributed by atoms with Crippen LogP contribution < -0.4 is 16.2 Å². The van der Waals surface area contributed by atoms with Gasteiger partial charge in [0.05, 0.1) is 23.2 Å². The summed E-state index contributed by atoms with van der Waals surface area (Å²) < 4.78 is 36.0. The highest BCUT2D eigenvalue weighted by atomic mass is 19.1. The van der Waals surface area contributed by atoms with E-state index in [9.17, 15) is 13.6 Å². The second-order valence-electron chi connectivity index (χ2n) is 9.30.